The molecule has 0 aromatic carbocycles. The minimum absolute atomic E-state index is 0.247. The molecule has 96 valence electrons. The Bertz CT molecular complexity index is 351. The lowest BCUT2D eigenvalue weighted by Crippen LogP contribution is -2.25. The Kier molecular flexibility index (Phi) is 3.87. The number of nitrogens with zero attached hydrogens (tertiary/aromatic N) is 1. The number of nitrogens with one attached hydrogen (secondary N) is 1. The van der Waals surface area contributed by atoms with Crippen molar-refractivity contribution in [1.82, 2.24) is 10.3 Å². The fraction of sp³-hybridized carbons (Fsp3) is 0.786. The smallest absolute Gasteiger partial charge is 0.195 e. The molecule has 17 heavy (non-hydrogen) atoms. The summed E-state index contributed by atoms with van der Waals surface area (Å²) in [5.74, 6) is 1.97. The Morgan fingerprint density at radius 1 is 1.41 bits per heavy atom. The fourth-order valence-electron chi connectivity index (χ4n) is 2.57. The Hall–Kier alpha value is -0.830. The summed E-state index contributed by atoms with van der Waals surface area (Å²) in [4.78, 5) is 4.40. The van der Waals surface area contributed by atoms with Gasteiger partial charge in [-0.3, -0.25) is 0 Å². The van der Waals surface area contributed by atoms with Crippen molar-refractivity contribution in [2.24, 2.45) is 0 Å². The first kappa shape index (κ1) is 12.6. The molecule has 0 aliphatic heterocycles. The molecule has 0 spiro atoms. The maximum Gasteiger partial charge on any atom is 0.195 e. The lowest BCUT2D eigenvalue weighted by molar-refractivity contribution is 0.346. The largest absolute Gasteiger partial charge is 0.445 e. The molecule has 1 aliphatic carbocycles. The summed E-state index contributed by atoms with van der Waals surface area (Å²) in [5.41, 5.74) is 0.247. The third kappa shape index (κ3) is 3.09. The quantitative estimate of drug-likeness (QED) is 0.854. The molecular weight excluding hydrogens is 212 g/mol. The maximum atomic E-state index is 5.90. The zero-order chi connectivity index (χ0) is 12.3. The first-order valence-electron chi connectivity index (χ1n) is 6.79. The maximum absolute atomic E-state index is 5.90. The molecule has 1 saturated carbocycles. The van der Waals surface area contributed by atoms with Crippen molar-refractivity contribution in [3.63, 3.8) is 0 Å². The Morgan fingerprint density at radius 3 is 2.76 bits per heavy atom. The molecule has 1 aliphatic rings. The van der Waals surface area contributed by atoms with Crippen LogP contribution in [0.5, 0.6) is 0 Å². The van der Waals surface area contributed by atoms with Gasteiger partial charge in [0.1, 0.15) is 5.76 Å². The second-order valence-corrected chi connectivity index (χ2v) is 5.74. The zero-order valence-electron chi connectivity index (χ0n) is 11.3. The minimum atomic E-state index is 0.247. The van der Waals surface area contributed by atoms with Gasteiger partial charge in [0, 0.05) is 24.4 Å². The molecule has 0 bridgehead atoms. The number of oxazole rings is 1. The monoisotopic (exact) mass is 236 g/mol. The molecule has 3 nitrogen and oxygen atoms in total. The van der Waals surface area contributed by atoms with Crippen LogP contribution >= 0.6 is 0 Å². The van der Waals surface area contributed by atoms with Crippen molar-refractivity contribution in [3.8, 4) is 0 Å². The third-order valence-corrected chi connectivity index (χ3v) is 3.75. The highest BCUT2D eigenvalue weighted by atomic mass is 16.4. The van der Waals surface area contributed by atoms with Gasteiger partial charge < -0.3 is 9.73 Å². The van der Waals surface area contributed by atoms with Crippen LogP contribution in [0.15, 0.2) is 10.6 Å². The van der Waals surface area contributed by atoms with Gasteiger partial charge in [0.15, 0.2) is 5.89 Å². The van der Waals surface area contributed by atoms with Crippen molar-refractivity contribution >= 4 is 0 Å². The average Bonchev–Trinajstić information content (AvgIpc) is 2.87. The minimum Gasteiger partial charge on any atom is -0.445 e. The topological polar surface area (TPSA) is 38.1 Å². The second-order valence-electron chi connectivity index (χ2n) is 5.74. The lowest BCUT2D eigenvalue weighted by atomic mass is 9.87. The predicted octanol–water partition coefficient (Wildman–Crippen LogP) is 3.05. The zero-order valence-corrected chi connectivity index (χ0v) is 11.3. The summed E-state index contributed by atoms with van der Waals surface area (Å²) in [7, 11) is 0. The molecular formula is C14H24N2O. The average molecular weight is 236 g/mol. The summed E-state index contributed by atoms with van der Waals surface area (Å²) in [6.45, 7) is 7.55. The van der Waals surface area contributed by atoms with Crippen molar-refractivity contribution in [1.29, 1.82) is 0 Å². The van der Waals surface area contributed by atoms with Crippen LogP contribution in [0.4, 0.5) is 0 Å². The molecule has 0 radical (unpaired) electrons. The summed E-state index contributed by atoms with van der Waals surface area (Å²) in [5, 5.41) is 3.38. The highest BCUT2D eigenvalue weighted by Crippen LogP contribution is 2.40. The predicted molar refractivity (Wildman–Crippen MR) is 69.2 cm³/mol. The van der Waals surface area contributed by atoms with E-state index in [0.29, 0.717) is 6.04 Å². The van der Waals surface area contributed by atoms with E-state index >= 15 is 0 Å². The van der Waals surface area contributed by atoms with Gasteiger partial charge in [-0.05, 0) is 12.8 Å². The first-order chi connectivity index (χ1) is 8.10. The van der Waals surface area contributed by atoms with E-state index in [1.807, 2.05) is 6.20 Å². The molecule has 0 unspecified atom stereocenters. The number of hydrogen-bond acceptors (Lipinski definition) is 3. The van der Waals surface area contributed by atoms with Crippen LogP contribution in [-0.2, 0) is 11.8 Å². The summed E-state index contributed by atoms with van der Waals surface area (Å²) >= 11 is 0. The standard InChI is InChI=1S/C14H24N2O/c1-11(2)15-9-6-13-16-10-12(17-13)14(3)7-4-5-8-14/h10-11,15H,4-9H2,1-3H3. The van der Waals surface area contributed by atoms with E-state index < -0.39 is 0 Å². The van der Waals surface area contributed by atoms with E-state index in [1.54, 1.807) is 0 Å². The van der Waals surface area contributed by atoms with E-state index in [1.165, 1.54) is 25.7 Å². The van der Waals surface area contributed by atoms with E-state index in [0.717, 1.165) is 24.6 Å². The number of rotatable bonds is 5. The van der Waals surface area contributed by atoms with Gasteiger partial charge >= 0.3 is 0 Å². The second kappa shape index (κ2) is 5.21. The van der Waals surface area contributed by atoms with E-state index in [-0.39, 0.29) is 5.41 Å². The van der Waals surface area contributed by atoms with Crippen LogP contribution in [0.1, 0.15) is 58.1 Å². The van der Waals surface area contributed by atoms with Gasteiger partial charge in [-0.2, -0.15) is 0 Å². The van der Waals surface area contributed by atoms with Crippen LogP contribution in [0.2, 0.25) is 0 Å². The third-order valence-electron chi connectivity index (χ3n) is 3.75. The van der Waals surface area contributed by atoms with Gasteiger partial charge in [-0.15, -0.1) is 0 Å². The summed E-state index contributed by atoms with van der Waals surface area (Å²) in [6.07, 6.45) is 7.95. The first-order valence-corrected chi connectivity index (χ1v) is 6.79. The number of aromatic nitrogens is 1. The van der Waals surface area contributed by atoms with E-state index in [9.17, 15) is 0 Å². The molecule has 2 rings (SSSR count). The molecule has 0 amide bonds. The highest BCUT2D eigenvalue weighted by Gasteiger charge is 2.33. The molecule has 1 aromatic heterocycles. The molecule has 1 fully saturated rings. The Balaban J connectivity index is 1.91. The Labute approximate surface area is 104 Å². The van der Waals surface area contributed by atoms with Gasteiger partial charge in [-0.1, -0.05) is 33.6 Å². The van der Waals surface area contributed by atoms with Crippen LogP contribution in [0.3, 0.4) is 0 Å². The van der Waals surface area contributed by atoms with Crippen molar-refractivity contribution in [2.75, 3.05) is 6.54 Å². The Morgan fingerprint density at radius 2 is 2.12 bits per heavy atom. The van der Waals surface area contributed by atoms with Crippen molar-refractivity contribution in [2.45, 2.75) is 64.3 Å². The summed E-state index contributed by atoms with van der Waals surface area (Å²) in [6, 6.07) is 0.525. The molecule has 3 heteroatoms. The lowest BCUT2D eigenvalue weighted by Gasteiger charge is -2.19. The molecule has 1 heterocycles. The highest BCUT2D eigenvalue weighted by molar-refractivity contribution is 5.11. The molecule has 0 atom stereocenters. The SMILES string of the molecule is CC(C)NCCc1ncc(C2(C)CCCC2)o1. The van der Waals surface area contributed by atoms with Gasteiger partial charge in [-0.25, -0.2) is 4.98 Å². The van der Waals surface area contributed by atoms with Crippen LogP contribution in [-0.4, -0.2) is 17.6 Å². The van der Waals surface area contributed by atoms with Crippen LogP contribution in [0, 0.1) is 0 Å². The van der Waals surface area contributed by atoms with E-state index in [2.05, 4.69) is 31.1 Å². The van der Waals surface area contributed by atoms with Crippen molar-refractivity contribution < 1.29 is 4.42 Å². The molecule has 0 saturated heterocycles. The normalized spacial score (nSPS) is 19.1. The van der Waals surface area contributed by atoms with Gasteiger partial charge in [0.25, 0.3) is 0 Å². The number of hydrogen-bond donors (Lipinski definition) is 1. The molecule has 1 N–H and O–H groups in total. The van der Waals surface area contributed by atoms with Gasteiger partial charge in [0.2, 0.25) is 0 Å². The van der Waals surface area contributed by atoms with Crippen LogP contribution in [0.25, 0.3) is 0 Å². The van der Waals surface area contributed by atoms with Crippen LogP contribution < -0.4 is 5.32 Å². The fourth-order valence-corrected chi connectivity index (χ4v) is 2.57. The van der Waals surface area contributed by atoms with Gasteiger partial charge in [0.05, 0.1) is 6.20 Å². The molecule has 1 aromatic rings. The summed E-state index contributed by atoms with van der Waals surface area (Å²) < 4.78 is 5.90. The van der Waals surface area contributed by atoms with Crippen molar-refractivity contribution in [3.05, 3.63) is 17.8 Å². The van der Waals surface area contributed by atoms with E-state index in [4.69, 9.17) is 4.42 Å².